The molecule has 0 aliphatic heterocycles. The Balaban J connectivity index is 2.47. The van der Waals surface area contributed by atoms with Crippen molar-refractivity contribution in [3.63, 3.8) is 0 Å². The lowest BCUT2D eigenvalue weighted by Crippen LogP contribution is -2.19. The number of nitrogens with two attached hydrogens (primary N) is 1. The second kappa shape index (κ2) is 7.53. The molecular formula is C19H21F2NO2. The van der Waals surface area contributed by atoms with Crippen LogP contribution >= 0.6 is 0 Å². The van der Waals surface area contributed by atoms with E-state index in [9.17, 15) is 13.6 Å². The van der Waals surface area contributed by atoms with Crippen molar-refractivity contribution < 1.29 is 18.3 Å². The van der Waals surface area contributed by atoms with E-state index < -0.39 is 17.8 Å². The number of hydrogen-bond donors (Lipinski definition) is 1. The van der Waals surface area contributed by atoms with Crippen molar-refractivity contribution in [1.82, 2.24) is 0 Å². The molecule has 0 aromatic heterocycles. The molecule has 2 aromatic rings. The summed E-state index contributed by atoms with van der Waals surface area (Å²) < 4.78 is 33.5. The van der Waals surface area contributed by atoms with Gasteiger partial charge in [-0.05, 0) is 55.7 Å². The average Bonchev–Trinajstić information content (AvgIpc) is 2.50. The molecule has 3 nitrogen and oxygen atoms in total. The Morgan fingerprint density at radius 2 is 1.92 bits per heavy atom. The van der Waals surface area contributed by atoms with E-state index in [4.69, 9.17) is 10.5 Å². The van der Waals surface area contributed by atoms with Crippen molar-refractivity contribution in [1.29, 1.82) is 0 Å². The minimum atomic E-state index is -0.852. The lowest BCUT2D eigenvalue weighted by molar-refractivity contribution is -0.143. The Labute approximate surface area is 140 Å². The van der Waals surface area contributed by atoms with E-state index in [0.717, 1.165) is 5.56 Å². The molecule has 0 aliphatic rings. The molecule has 2 N–H and O–H groups in total. The van der Waals surface area contributed by atoms with Gasteiger partial charge < -0.3 is 10.5 Å². The van der Waals surface area contributed by atoms with Crippen LogP contribution in [0.15, 0.2) is 30.3 Å². The first kappa shape index (κ1) is 18.1. The minimum absolute atomic E-state index is 0.135. The molecule has 128 valence electrons. The van der Waals surface area contributed by atoms with Gasteiger partial charge in [-0.3, -0.25) is 4.79 Å². The minimum Gasteiger partial charge on any atom is -0.466 e. The molecule has 0 heterocycles. The standard InChI is InChI=1S/C19H21F2NO2/c1-4-24-17(23)10-16(22)14-9-13(8-12(3)19(14)21)18-11(2)6-5-7-15(18)20/h5-9,16H,4,10,22H2,1-3H3. The van der Waals surface area contributed by atoms with Gasteiger partial charge in [0, 0.05) is 17.2 Å². The van der Waals surface area contributed by atoms with E-state index in [2.05, 4.69) is 0 Å². The van der Waals surface area contributed by atoms with Gasteiger partial charge in [-0.2, -0.15) is 0 Å². The van der Waals surface area contributed by atoms with Crippen LogP contribution in [0, 0.1) is 25.5 Å². The van der Waals surface area contributed by atoms with E-state index in [1.807, 2.05) is 0 Å². The molecule has 0 amide bonds. The highest BCUT2D eigenvalue weighted by molar-refractivity contribution is 5.72. The van der Waals surface area contributed by atoms with Crippen molar-refractivity contribution in [2.75, 3.05) is 6.61 Å². The molecule has 0 fully saturated rings. The highest BCUT2D eigenvalue weighted by Crippen LogP contribution is 2.32. The van der Waals surface area contributed by atoms with Gasteiger partial charge in [-0.15, -0.1) is 0 Å². The number of aryl methyl sites for hydroxylation is 2. The topological polar surface area (TPSA) is 52.3 Å². The van der Waals surface area contributed by atoms with Gasteiger partial charge in [0.1, 0.15) is 11.6 Å². The van der Waals surface area contributed by atoms with Crippen LogP contribution in [-0.2, 0) is 9.53 Å². The number of hydrogen-bond acceptors (Lipinski definition) is 3. The van der Waals surface area contributed by atoms with Gasteiger partial charge >= 0.3 is 5.97 Å². The van der Waals surface area contributed by atoms with Crippen molar-refractivity contribution in [3.05, 3.63) is 58.7 Å². The summed E-state index contributed by atoms with van der Waals surface area (Å²) in [4.78, 5) is 11.6. The predicted octanol–water partition coefficient (Wildman–Crippen LogP) is 4.20. The van der Waals surface area contributed by atoms with Crippen molar-refractivity contribution in [3.8, 4) is 11.1 Å². The Morgan fingerprint density at radius 3 is 2.54 bits per heavy atom. The van der Waals surface area contributed by atoms with Gasteiger partial charge in [0.2, 0.25) is 0 Å². The van der Waals surface area contributed by atoms with E-state index in [0.29, 0.717) is 16.7 Å². The van der Waals surface area contributed by atoms with Crippen LogP contribution in [-0.4, -0.2) is 12.6 Å². The van der Waals surface area contributed by atoms with Gasteiger partial charge in [-0.25, -0.2) is 8.78 Å². The molecule has 0 spiro atoms. The van der Waals surface area contributed by atoms with Gasteiger partial charge in [-0.1, -0.05) is 12.1 Å². The molecule has 2 aromatic carbocycles. The maximum absolute atomic E-state index is 14.5. The number of esters is 1. The highest BCUT2D eigenvalue weighted by Gasteiger charge is 2.20. The van der Waals surface area contributed by atoms with Crippen LogP contribution in [0.2, 0.25) is 0 Å². The predicted molar refractivity (Wildman–Crippen MR) is 89.4 cm³/mol. The molecule has 0 saturated heterocycles. The first-order chi connectivity index (χ1) is 11.3. The Hall–Kier alpha value is -2.27. The van der Waals surface area contributed by atoms with E-state index in [-0.39, 0.29) is 24.4 Å². The van der Waals surface area contributed by atoms with Gasteiger partial charge in [0.15, 0.2) is 0 Å². The third-order valence-electron chi connectivity index (χ3n) is 3.88. The molecule has 24 heavy (non-hydrogen) atoms. The zero-order valence-corrected chi connectivity index (χ0v) is 14.0. The second-order valence-electron chi connectivity index (χ2n) is 5.74. The fraction of sp³-hybridized carbons (Fsp3) is 0.316. The maximum Gasteiger partial charge on any atom is 0.307 e. The lowest BCUT2D eigenvalue weighted by atomic mass is 9.93. The van der Waals surface area contributed by atoms with E-state index >= 15 is 0 Å². The quantitative estimate of drug-likeness (QED) is 0.834. The second-order valence-corrected chi connectivity index (χ2v) is 5.74. The fourth-order valence-corrected chi connectivity index (χ4v) is 2.72. The van der Waals surface area contributed by atoms with Crippen LogP contribution in [0.1, 0.15) is 36.1 Å². The van der Waals surface area contributed by atoms with Gasteiger partial charge in [0.25, 0.3) is 0 Å². The zero-order valence-electron chi connectivity index (χ0n) is 14.0. The number of carbonyl (C=O) groups is 1. The van der Waals surface area contributed by atoms with Crippen molar-refractivity contribution >= 4 is 5.97 Å². The van der Waals surface area contributed by atoms with Crippen molar-refractivity contribution in [2.24, 2.45) is 5.73 Å². The Bertz CT molecular complexity index is 739. The summed E-state index contributed by atoms with van der Waals surface area (Å²) in [6.07, 6.45) is -0.135. The summed E-state index contributed by atoms with van der Waals surface area (Å²) in [5, 5.41) is 0. The number of carbonyl (C=O) groups excluding carboxylic acids is 1. The zero-order chi connectivity index (χ0) is 17.9. The Kier molecular flexibility index (Phi) is 5.67. The largest absolute Gasteiger partial charge is 0.466 e. The lowest BCUT2D eigenvalue weighted by Gasteiger charge is -2.17. The van der Waals surface area contributed by atoms with Crippen LogP contribution in [0.4, 0.5) is 8.78 Å². The molecule has 2 rings (SSSR count). The summed E-state index contributed by atoms with van der Waals surface area (Å²) in [6.45, 7) is 5.31. The molecule has 0 bridgehead atoms. The summed E-state index contributed by atoms with van der Waals surface area (Å²) in [6, 6.07) is 7.01. The fourth-order valence-electron chi connectivity index (χ4n) is 2.72. The molecule has 0 aliphatic carbocycles. The first-order valence-electron chi connectivity index (χ1n) is 7.81. The maximum atomic E-state index is 14.5. The van der Waals surface area contributed by atoms with Crippen LogP contribution in [0.5, 0.6) is 0 Å². The molecular weight excluding hydrogens is 312 g/mol. The summed E-state index contributed by atoms with van der Waals surface area (Å²) in [5.41, 5.74) is 8.21. The van der Waals surface area contributed by atoms with E-state index in [1.165, 1.54) is 12.1 Å². The van der Waals surface area contributed by atoms with E-state index in [1.54, 1.807) is 39.0 Å². The average molecular weight is 333 g/mol. The molecule has 5 heteroatoms. The SMILES string of the molecule is CCOC(=O)CC(N)c1cc(-c2c(C)cccc2F)cc(C)c1F. The summed E-state index contributed by atoms with van der Waals surface area (Å²) in [5.74, 6) is -1.36. The van der Waals surface area contributed by atoms with Crippen LogP contribution < -0.4 is 5.73 Å². The van der Waals surface area contributed by atoms with Crippen molar-refractivity contribution in [2.45, 2.75) is 33.2 Å². The number of ether oxygens (including phenoxy) is 1. The highest BCUT2D eigenvalue weighted by atomic mass is 19.1. The monoisotopic (exact) mass is 333 g/mol. The number of halogens is 2. The summed E-state index contributed by atoms with van der Waals surface area (Å²) in [7, 11) is 0. The number of rotatable bonds is 5. The van der Waals surface area contributed by atoms with Crippen LogP contribution in [0.25, 0.3) is 11.1 Å². The molecule has 1 unspecified atom stereocenters. The normalized spacial score (nSPS) is 12.1. The third-order valence-corrected chi connectivity index (χ3v) is 3.88. The third kappa shape index (κ3) is 3.79. The summed E-state index contributed by atoms with van der Waals surface area (Å²) >= 11 is 0. The smallest absolute Gasteiger partial charge is 0.307 e. The molecule has 0 saturated carbocycles. The Morgan fingerprint density at radius 1 is 1.21 bits per heavy atom. The number of benzene rings is 2. The molecule has 1 atom stereocenters. The van der Waals surface area contributed by atoms with Gasteiger partial charge in [0.05, 0.1) is 13.0 Å². The molecule has 0 radical (unpaired) electrons. The van der Waals surface area contributed by atoms with Crippen LogP contribution in [0.3, 0.4) is 0 Å². The first-order valence-corrected chi connectivity index (χ1v) is 7.81.